The van der Waals surface area contributed by atoms with E-state index in [-0.39, 0.29) is 22.9 Å². The molecule has 1 N–H and O–H groups in total. The van der Waals surface area contributed by atoms with Gasteiger partial charge in [-0.3, -0.25) is 9.59 Å². The molecule has 0 bridgehead atoms. The lowest BCUT2D eigenvalue weighted by Crippen LogP contribution is -2.09. The summed E-state index contributed by atoms with van der Waals surface area (Å²) < 4.78 is 5.03. The third kappa shape index (κ3) is 2.66. The number of carbonyl (C=O) groups excluding carboxylic acids is 2. The number of aromatic nitrogens is 2. The van der Waals surface area contributed by atoms with Gasteiger partial charge in [0.2, 0.25) is 5.78 Å². The van der Waals surface area contributed by atoms with Crippen molar-refractivity contribution in [3.63, 3.8) is 0 Å². The molecule has 5 heteroatoms. The molecule has 5 nitrogen and oxygen atoms in total. The third-order valence-electron chi connectivity index (χ3n) is 2.73. The minimum atomic E-state index is -0.479. The van der Waals surface area contributed by atoms with Gasteiger partial charge >= 0.3 is 5.97 Å². The van der Waals surface area contributed by atoms with Crippen LogP contribution in [0.15, 0.2) is 30.8 Å². The molecular formula is C15H14N2O3. The highest BCUT2D eigenvalue weighted by Gasteiger charge is 2.19. The first-order valence-electron chi connectivity index (χ1n) is 6.04. The maximum atomic E-state index is 12.4. The average Bonchev–Trinajstić information content (AvgIpc) is 2.79. The lowest BCUT2D eigenvalue weighted by molar-refractivity contribution is -0.131. The van der Waals surface area contributed by atoms with Crippen LogP contribution in [0.25, 0.3) is 6.08 Å². The average molecular weight is 270 g/mol. The molecule has 0 spiro atoms. The number of aryl methyl sites for hydroxylation is 1. The number of hydrogen-bond acceptors (Lipinski definition) is 4. The number of para-hydroxylation sites is 1. The molecule has 0 aliphatic heterocycles. The highest BCUT2D eigenvalue weighted by molar-refractivity contribution is 6.08. The van der Waals surface area contributed by atoms with Gasteiger partial charge in [0, 0.05) is 6.92 Å². The second-order valence-electron chi connectivity index (χ2n) is 4.21. The monoisotopic (exact) mass is 270 g/mol. The van der Waals surface area contributed by atoms with Crippen molar-refractivity contribution < 1.29 is 14.3 Å². The van der Waals surface area contributed by atoms with Crippen LogP contribution in [0.4, 0.5) is 0 Å². The minimum Gasteiger partial charge on any atom is -0.426 e. The molecule has 2 rings (SSSR count). The summed E-state index contributed by atoms with van der Waals surface area (Å²) in [6, 6.07) is 6.55. The lowest BCUT2D eigenvalue weighted by atomic mass is 10.1. The Morgan fingerprint density at radius 2 is 2.05 bits per heavy atom. The second-order valence-corrected chi connectivity index (χ2v) is 4.21. The fraction of sp³-hybridized carbons (Fsp3) is 0.133. The number of nitrogens with one attached hydrogen (secondary N) is 1. The molecular weight excluding hydrogens is 256 g/mol. The van der Waals surface area contributed by atoms with Crippen LogP contribution in [-0.2, 0) is 4.79 Å². The maximum absolute atomic E-state index is 12.4. The van der Waals surface area contributed by atoms with E-state index in [4.69, 9.17) is 4.74 Å². The van der Waals surface area contributed by atoms with Crippen LogP contribution in [0.2, 0.25) is 0 Å². The number of esters is 1. The smallest absolute Gasteiger partial charge is 0.308 e. The number of rotatable bonds is 4. The van der Waals surface area contributed by atoms with E-state index >= 15 is 0 Å². The molecule has 0 atom stereocenters. The van der Waals surface area contributed by atoms with E-state index in [1.165, 1.54) is 6.92 Å². The van der Waals surface area contributed by atoms with Gasteiger partial charge in [0.05, 0.1) is 17.0 Å². The fourth-order valence-electron chi connectivity index (χ4n) is 1.81. The van der Waals surface area contributed by atoms with Crippen molar-refractivity contribution in [3.05, 3.63) is 53.6 Å². The Morgan fingerprint density at radius 3 is 2.65 bits per heavy atom. The third-order valence-corrected chi connectivity index (χ3v) is 2.73. The molecule has 20 heavy (non-hydrogen) atoms. The first-order valence-corrected chi connectivity index (χ1v) is 6.04. The van der Waals surface area contributed by atoms with E-state index in [0.717, 1.165) is 0 Å². The zero-order chi connectivity index (χ0) is 14.7. The topological polar surface area (TPSA) is 72.1 Å². The minimum absolute atomic E-state index is 0.192. The zero-order valence-corrected chi connectivity index (χ0v) is 11.3. The molecule has 0 aliphatic carbocycles. The van der Waals surface area contributed by atoms with Crippen LogP contribution in [-0.4, -0.2) is 21.7 Å². The number of ether oxygens (including phenoxy) is 1. The first kappa shape index (κ1) is 13.7. The van der Waals surface area contributed by atoms with E-state index in [2.05, 4.69) is 16.5 Å². The molecule has 102 valence electrons. The zero-order valence-electron chi connectivity index (χ0n) is 11.3. The SMILES string of the molecule is C=Cc1[nH]c(C(=O)c2ccccc2OC(C)=O)nc1C. The van der Waals surface area contributed by atoms with E-state index in [0.29, 0.717) is 11.4 Å². The van der Waals surface area contributed by atoms with Gasteiger partial charge in [0.1, 0.15) is 5.75 Å². The Balaban J connectivity index is 2.42. The van der Waals surface area contributed by atoms with Crippen LogP contribution >= 0.6 is 0 Å². The molecule has 0 radical (unpaired) electrons. The van der Waals surface area contributed by atoms with Crippen molar-refractivity contribution in [2.45, 2.75) is 13.8 Å². The predicted octanol–water partition coefficient (Wildman–Crippen LogP) is 2.52. The van der Waals surface area contributed by atoms with Gasteiger partial charge in [-0.1, -0.05) is 18.7 Å². The summed E-state index contributed by atoms with van der Waals surface area (Å²) in [6.07, 6.45) is 1.59. The van der Waals surface area contributed by atoms with Crippen molar-refractivity contribution in [3.8, 4) is 5.75 Å². The van der Waals surface area contributed by atoms with Gasteiger partial charge in [0.25, 0.3) is 0 Å². The van der Waals surface area contributed by atoms with Crippen molar-refractivity contribution in [1.82, 2.24) is 9.97 Å². The molecule has 0 fully saturated rings. The highest BCUT2D eigenvalue weighted by atomic mass is 16.5. The van der Waals surface area contributed by atoms with Crippen LogP contribution in [0.1, 0.15) is 34.5 Å². The van der Waals surface area contributed by atoms with Crippen molar-refractivity contribution >= 4 is 17.8 Å². The summed E-state index contributed by atoms with van der Waals surface area (Å²) in [5, 5.41) is 0. The van der Waals surface area contributed by atoms with E-state index in [1.807, 2.05) is 0 Å². The lowest BCUT2D eigenvalue weighted by Gasteiger charge is -2.06. The molecule has 0 saturated heterocycles. The molecule has 0 unspecified atom stereocenters. The number of hydrogen-bond donors (Lipinski definition) is 1. The van der Waals surface area contributed by atoms with Gasteiger partial charge in [-0.2, -0.15) is 0 Å². The summed E-state index contributed by atoms with van der Waals surface area (Å²) >= 11 is 0. The van der Waals surface area contributed by atoms with Crippen molar-refractivity contribution in [1.29, 1.82) is 0 Å². The molecule has 0 aliphatic rings. The van der Waals surface area contributed by atoms with Crippen LogP contribution < -0.4 is 4.74 Å². The molecule has 0 amide bonds. The summed E-state index contributed by atoms with van der Waals surface area (Å²) in [5.74, 6) is -0.401. The first-order chi connectivity index (χ1) is 9.52. The second kappa shape index (κ2) is 5.52. The quantitative estimate of drug-likeness (QED) is 0.526. The van der Waals surface area contributed by atoms with E-state index in [1.54, 1.807) is 37.3 Å². The van der Waals surface area contributed by atoms with Crippen LogP contribution in [0.3, 0.4) is 0 Å². The van der Waals surface area contributed by atoms with Gasteiger partial charge < -0.3 is 9.72 Å². The summed E-state index contributed by atoms with van der Waals surface area (Å²) in [7, 11) is 0. The fourth-order valence-corrected chi connectivity index (χ4v) is 1.81. The van der Waals surface area contributed by atoms with Crippen LogP contribution in [0.5, 0.6) is 5.75 Å². The van der Waals surface area contributed by atoms with Gasteiger partial charge in [0.15, 0.2) is 5.82 Å². The van der Waals surface area contributed by atoms with Crippen LogP contribution in [0, 0.1) is 6.92 Å². The molecule has 2 aromatic rings. The summed E-state index contributed by atoms with van der Waals surface area (Å²) in [6.45, 7) is 6.71. The summed E-state index contributed by atoms with van der Waals surface area (Å²) in [4.78, 5) is 30.5. The Bertz CT molecular complexity index is 686. The van der Waals surface area contributed by atoms with E-state index < -0.39 is 5.97 Å². The molecule has 1 aromatic heterocycles. The number of H-pyrrole nitrogens is 1. The largest absolute Gasteiger partial charge is 0.426 e. The van der Waals surface area contributed by atoms with Crippen molar-refractivity contribution in [2.75, 3.05) is 0 Å². The molecule has 1 aromatic carbocycles. The number of imidazole rings is 1. The number of nitrogens with zero attached hydrogens (tertiary/aromatic N) is 1. The number of benzene rings is 1. The Kier molecular flexibility index (Phi) is 3.79. The number of ketones is 1. The van der Waals surface area contributed by atoms with E-state index in [9.17, 15) is 9.59 Å². The molecule has 0 saturated carbocycles. The van der Waals surface area contributed by atoms with Crippen molar-refractivity contribution in [2.24, 2.45) is 0 Å². The Labute approximate surface area is 116 Å². The Hall–Kier alpha value is -2.69. The number of aromatic amines is 1. The predicted molar refractivity (Wildman–Crippen MR) is 74.6 cm³/mol. The maximum Gasteiger partial charge on any atom is 0.308 e. The van der Waals surface area contributed by atoms with Gasteiger partial charge in [-0.25, -0.2) is 4.98 Å². The highest BCUT2D eigenvalue weighted by Crippen LogP contribution is 2.21. The van der Waals surface area contributed by atoms with Gasteiger partial charge in [-0.15, -0.1) is 0 Å². The normalized spacial score (nSPS) is 10.1. The Morgan fingerprint density at radius 1 is 1.35 bits per heavy atom. The summed E-state index contributed by atoms with van der Waals surface area (Å²) in [5.41, 5.74) is 1.67. The molecule has 1 heterocycles. The number of carbonyl (C=O) groups is 2. The standard InChI is InChI=1S/C15H14N2O3/c1-4-12-9(2)16-15(17-12)14(19)11-7-5-6-8-13(11)20-10(3)18/h4-8H,1H2,2-3H3,(H,16,17). The van der Waals surface area contributed by atoms with Gasteiger partial charge in [-0.05, 0) is 25.1 Å².